The van der Waals surface area contributed by atoms with Gasteiger partial charge in [-0.15, -0.1) is 0 Å². The highest BCUT2D eigenvalue weighted by molar-refractivity contribution is 5.90. The summed E-state index contributed by atoms with van der Waals surface area (Å²) in [5, 5.41) is 7.37. The van der Waals surface area contributed by atoms with E-state index in [1.54, 1.807) is 55.6 Å². The van der Waals surface area contributed by atoms with Gasteiger partial charge in [0.05, 0.1) is 35.3 Å². The van der Waals surface area contributed by atoms with Crippen LogP contribution in [0.25, 0.3) is 10.9 Å². The van der Waals surface area contributed by atoms with E-state index in [9.17, 15) is 9.59 Å². The van der Waals surface area contributed by atoms with Crippen molar-refractivity contribution in [3.05, 3.63) is 72.2 Å². The number of nitrogens with zero attached hydrogens (tertiary/aromatic N) is 6. The van der Waals surface area contributed by atoms with E-state index in [1.807, 2.05) is 58.9 Å². The van der Waals surface area contributed by atoms with Crippen LogP contribution >= 0.6 is 0 Å². The second kappa shape index (κ2) is 14.4. The number of pyridine rings is 2. The van der Waals surface area contributed by atoms with Crippen molar-refractivity contribution in [2.75, 3.05) is 55.4 Å². The highest BCUT2D eigenvalue weighted by Gasteiger charge is 2.26. The van der Waals surface area contributed by atoms with Crippen LogP contribution in [-0.4, -0.2) is 87.9 Å². The van der Waals surface area contributed by atoms with Gasteiger partial charge in [0.15, 0.2) is 5.82 Å². The number of aromatic nitrogens is 4. The van der Waals surface area contributed by atoms with Gasteiger partial charge in [-0.1, -0.05) is 18.2 Å². The first-order valence-electron chi connectivity index (χ1n) is 16.0. The van der Waals surface area contributed by atoms with Gasteiger partial charge in [0, 0.05) is 44.9 Å². The second-order valence-corrected chi connectivity index (χ2v) is 13.4. The summed E-state index contributed by atoms with van der Waals surface area (Å²) < 4.78 is 16.7. The van der Waals surface area contributed by atoms with E-state index in [0.29, 0.717) is 67.1 Å². The van der Waals surface area contributed by atoms with E-state index in [1.165, 1.54) is 0 Å². The first-order chi connectivity index (χ1) is 22.8. The molecule has 0 saturated carbocycles. The molecular formula is C35H44N8O5. The highest BCUT2D eigenvalue weighted by atomic mass is 16.6. The Hall–Kier alpha value is -5.04. The van der Waals surface area contributed by atoms with Crippen molar-refractivity contribution in [3.8, 4) is 0 Å². The summed E-state index contributed by atoms with van der Waals surface area (Å²) in [6.45, 7) is 14.3. The smallest absolute Gasteiger partial charge is 0.410 e. The maximum atomic E-state index is 12.8. The Morgan fingerprint density at radius 2 is 1.67 bits per heavy atom. The number of piperazine rings is 1. The number of ether oxygens (including phenoxy) is 3. The molecule has 1 fully saturated rings. The van der Waals surface area contributed by atoms with E-state index < -0.39 is 23.2 Å². The first kappa shape index (κ1) is 34.3. The van der Waals surface area contributed by atoms with Crippen LogP contribution in [0.4, 0.5) is 28.1 Å². The van der Waals surface area contributed by atoms with Gasteiger partial charge in [0.1, 0.15) is 23.0 Å². The molecule has 0 unspecified atom stereocenters. The average Bonchev–Trinajstić information content (AvgIpc) is 3.04. The Kier molecular flexibility index (Phi) is 10.3. The molecule has 48 heavy (non-hydrogen) atoms. The number of esters is 1. The normalized spacial score (nSPS) is 14.4. The summed E-state index contributed by atoms with van der Waals surface area (Å²) in [5.41, 5.74) is 1.55. The van der Waals surface area contributed by atoms with E-state index in [0.717, 1.165) is 11.1 Å². The monoisotopic (exact) mass is 656 g/mol. The van der Waals surface area contributed by atoms with Gasteiger partial charge in [-0.05, 0) is 71.9 Å². The van der Waals surface area contributed by atoms with Crippen LogP contribution in [0.3, 0.4) is 0 Å². The highest BCUT2D eigenvalue weighted by Crippen LogP contribution is 2.29. The number of carbonyl (C=O) groups is 2. The van der Waals surface area contributed by atoms with Gasteiger partial charge in [-0.2, -0.15) is 0 Å². The van der Waals surface area contributed by atoms with Gasteiger partial charge >= 0.3 is 12.1 Å². The predicted molar refractivity (Wildman–Crippen MR) is 185 cm³/mol. The quantitative estimate of drug-likeness (QED) is 0.194. The first-order valence-corrected chi connectivity index (χ1v) is 16.0. The minimum absolute atomic E-state index is 0.289. The van der Waals surface area contributed by atoms with Crippen molar-refractivity contribution in [1.82, 2.24) is 24.8 Å². The fourth-order valence-electron chi connectivity index (χ4n) is 5.23. The van der Waals surface area contributed by atoms with E-state index >= 15 is 0 Å². The summed E-state index contributed by atoms with van der Waals surface area (Å²) in [6.07, 6.45) is 2.57. The molecule has 1 aliphatic heterocycles. The van der Waals surface area contributed by atoms with Crippen LogP contribution in [0.1, 0.15) is 63.7 Å². The standard InChI is InChI=1S/C35H44N8O5/c1-23(47-31(44)24-11-9-8-10-12-24)27-19-25-20-37-32(40-29(25)30(38-27)41-35(5,6)22-46-7)39-28-14-13-26(21-36-28)42-15-17-43(18-16-42)33(45)48-34(2,3)4/h8-14,19-21,23H,15-18,22H2,1-7H3,(H,38,41)(H,36,37,39,40)/t23-/m1/s1. The van der Waals surface area contributed by atoms with Gasteiger partial charge < -0.3 is 34.6 Å². The Bertz CT molecular complexity index is 1720. The third-order valence-corrected chi connectivity index (χ3v) is 7.54. The lowest BCUT2D eigenvalue weighted by molar-refractivity contribution is 0.0239. The number of fused-ring (bicyclic) bond motifs is 1. The molecule has 5 rings (SSSR count). The number of nitrogens with one attached hydrogen (secondary N) is 2. The van der Waals surface area contributed by atoms with Gasteiger partial charge in [-0.3, -0.25) is 0 Å². The lowest BCUT2D eigenvalue weighted by Crippen LogP contribution is -2.50. The topological polar surface area (TPSA) is 144 Å². The SMILES string of the molecule is COCC(C)(C)Nc1nc([C@@H](C)OC(=O)c2ccccc2)cc2cnc(Nc3ccc(N4CCN(C(=O)OC(C)(C)C)CC4)cn3)nc12. The summed E-state index contributed by atoms with van der Waals surface area (Å²) in [4.78, 5) is 47.9. The lowest BCUT2D eigenvalue weighted by Gasteiger charge is -2.36. The number of amides is 1. The zero-order valence-corrected chi connectivity index (χ0v) is 28.6. The zero-order valence-electron chi connectivity index (χ0n) is 28.6. The Morgan fingerprint density at radius 3 is 2.31 bits per heavy atom. The van der Waals surface area contributed by atoms with Crippen LogP contribution in [0, 0.1) is 0 Å². The van der Waals surface area contributed by atoms with Crippen molar-refractivity contribution in [1.29, 1.82) is 0 Å². The molecule has 1 aliphatic rings. The Balaban J connectivity index is 1.31. The molecule has 1 amide bonds. The molecule has 4 aromatic rings. The van der Waals surface area contributed by atoms with Crippen LogP contribution in [-0.2, 0) is 14.2 Å². The number of hydrogen-bond donors (Lipinski definition) is 2. The van der Waals surface area contributed by atoms with Gasteiger partial charge in [0.2, 0.25) is 5.95 Å². The minimum Gasteiger partial charge on any atom is -0.453 e. The molecule has 0 bridgehead atoms. The number of hydrogen-bond acceptors (Lipinski definition) is 12. The molecule has 1 atom stereocenters. The molecule has 3 aromatic heterocycles. The number of anilines is 4. The van der Waals surface area contributed by atoms with Crippen molar-refractivity contribution in [2.45, 2.75) is 58.8 Å². The molecule has 1 aromatic carbocycles. The second-order valence-electron chi connectivity index (χ2n) is 13.4. The van der Waals surface area contributed by atoms with Gasteiger partial charge in [-0.25, -0.2) is 29.5 Å². The maximum Gasteiger partial charge on any atom is 0.410 e. The van der Waals surface area contributed by atoms with E-state index in [2.05, 4.69) is 25.5 Å². The van der Waals surface area contributed by atoms with Crippen LogP contribution in [0.2, 0.25) is 0 Å². The summed E-state index contributed by atoms with van der Waals surface area (Å²) in [5.74, 6) is 0.994. The summed E-state index contributed by atoms with van der Waals surface area (Å²) >= 11 is 0. The van der Waals surface area contributed by atoms with Crippen LogP contribution in [0.15, 0.2) is 60.9 Å². The van der Waals surface area contributed by atoms with Crippen molar-refractivity contribution >= 4 is 46.2 Å². The third kappa shape index (κ3) is 8.85. The van der Waals surface area contributed by atoms with Crippen molar-refractivity contribution in [3.63, 3.8) is 0 Å². The number of carbonyl (C=O) groups excluding carboxylic acids is 2. The fourth-order valence-corrected chi connectivity index (χ4v) is 5.23. The maximum absolute atomic E-state index is 12.8. The molecule has 0 spiro atoms. The molecule has 0 aliphatic carbocycles. The number of benzene rings is 1. The minimum atomic E-state index is -0.631. The number of rotatable bonds is 10. The zero-order chi connectivity index (χ0) is 34.5. The number of methoxy groups -OCH3 is 1. The van der Waals surface area contributed by atoms with E-state index in [-0.39, 0.29) is 6.09 Å². The summed E-state index contributed by atoms with van der Waals surface area (Å²) in [6, 6.07) is 14.5. The molecule has 4 heterocycles. The average molecular weight is 657 g/mol. The molecule has 13 heteroatoms. The van der Waals surface area contributed by atoms with Crippen molar-refractivity contribution in [2.24, 2.45) is 0 Å². The van der Waals surface area contributed by atoms with Crippen LogP contribution < -0.4 is 15.5 Å². The third-order valence-electron chi connectivity index (χ3n) is 7.54. The molecule has 254 valence electrons. The molecule has 13 nitrogen and oxygen atoms in total. The Labute approximate surface area is 281 Å². The largest absolute Gasteiger partial charge is 0.453 e. The van der Waals surface area contributed by atoms with Gasteiger partial charge in [0.25, 0.3) is 0 Å². The van der Waals surface area contributed by atoms with Crippen LogP contribution in [0.5, 0.6) is 0 Å². The fraction of sp³-hybridized carbons (Fsp3) is 0.429. The molecule has 0 radical (unpaired) electrons. The summed E-state index contributed by atoms with van der Waals surface area (Å²) in [7, 11) is 1.64. The lowest BCUT2D eigenvalue weighted by atomic mass is 10.1. The molecular weight excluding hydrogens is 612 g/mol. The molecule has 1 saturated heterocycles. The predicted octanol–water partition coefficient (Wildman–Crippen LogP) is 5.98. The van der Waals surface area contributed by atoms with Crippen molar-refractivity contribution < 1.29 is 23.8 Å². The molecule has 2 N–H and O–H groups in total. The Morgan fingerprint density at radius 1 is 0.938 bits per heavy atom. The van der Waals surface area contributed by atoms with E-state index in [4.69, 9.17) is 24.2 Å².